The number of carbonyl (C=O) groups excluding carboxylic acids is 1. The topological polar surface area (TPSA) is 113 Å². The summed E-state index contributed by atoms with van der Waals surface area (Å²) in [7, 11) is 0. The number of thiazole rings is 1. The second-order valence-corrected chi connectivity index (χ2v) is 12.0. The fourth-order valence-corrected chi connectivity index (χ4v) is 6.25. The van der Waals surface area contributed by atoms with Gasteiger partial charge in [-0.3, -0.25) is 19.5 Å². The monoisotopic (exact) mass is 625 g/mol. The fourth-order valence-electron chi connectivity index (χ4n) is 5.23. The molecule has 1 aromatic heterocycles. The molecule has 0 spiro atoms. The van der Waals surface area contributed by atoms with E-state index in [1.165, 1.54) is 23.5 Å². The highest BCUT2D eigenvalue weighted by molar-refractivity contribution is 7.07. The normalized spacial score (nSPS) is 14.7. The molecule has 10 heteroatoms. The maximum atomic E-state index is 14.1. The van der Waals surface area contributed by atoms with Crippen LogP contribution in [0.1, 0.15) is 74.8 Å². The van der Waals surface area contributed by atoms with Gasteiger partial charge in [0.05, 0.1) is 33.4 Å². The predicted octanol–water partition coefficient (Wildman–Crippen LogP) is 6.19. The van der Waals surface area contributed by atoms with Crippen LogP contribution in [0.2, 0.25) is 0 Å². The van der Waals surface area contributed by atoms with Gasteiger partial charge in [-0.2, -0.15) is 0 Å². The molecular formula is C35H35N3O6S. The zero-order valence-corrected chi connectivity index (χ0v) is 26.5. The van der Waals surface area contributed by atoms with Crippen LogP contribution in [0.3, 0.4) is 0 Å². The lowest BCUT2D eigenvalue weighted by Crippen LogP contribution is -2.40. The molecule has 4 aromatic rings. The van der Waals surface area contributed by atoms with Crippen LogP contribution in [0.5, 0.6) is 5.75 Å². The quantitative estimate of drug-likeness (QED) is 0.112. The van der Waals surface area contributed by atoms with Gasteiger partial charge in [-0.1, -0.05) is 74.9 Å². The SMILES string of the molecule is CCCC1=C(C(=O)OCC)[C@@H](c2ccc(C(C)C)cc2)n2c(s/c(=C\c3cccc(OCc4ccc([N+](=O)[O-])cc4)c3)c2=O)=N1. The van der Waals surface area contributed by atoms with E-state index in [9.17, 15) is 19.7 Å². The summed E-state index contributed by atoms with van der Waals surface area (Å²) < 4.78 is 13.5. The molecule has 1 aliphatic rings. The van der Waals surface area contributed by atoms with Crippen molar-refractivity contribution in [3.63, 3.8) is 0 Å². The Hall–Kier alpha value is -4.83. The van der Waals surface area contributed by atoms with Gasteiger partial charge in [-0.05, 0) is 71.9 Å². The van der Waals surface area contributed by atoms with E-state index in [4.69, 9.17) is 14.5 Å². The molecule has 0 fully saturated rings. The molecule has 232 valence electrons. The minimum Gasteiger partial charge on any atom is -0.489 e. The van der Waals surface area contributed by atoms with E-state index in [0.29, 0.717) is 38.7 Å². The third-order valence-corrected chi connectivity index (χ3v) is 8.50. The standard InChI is InChI=1S/C35H35N3O6S/c1-5-8-29-31(34(40)43-6-2)32(26-15-13-25(14-16-26)22(3)4)37-33(39)30(45-35(37)36-29)20-24-9-7-10-28(19-24)44-21-23-11-17-27(18-12-23)38(41)42/h7,9-20,22,32H,5-6,8,21H2,1-4H3/b30-20-/t32-/m1/s1. The van der Waals surface area contributed by atoms with Gasteiger partial charge in [0.15, 0.2) is 4.80 Å². The summed E-state index contributed by atoms with van der Waals surface area (Å²) in [5.41, 5.74) is 4.36. The number of ether oxygens (including phenoxy) is 2. The van der Waals surface area contributed by atoms with Gasteiger partial charge in [0, 0.05) is 12.1 Å². The first-order valence-corrected chi connectivity index (χ1v) is 15.8. The lowest BCUT2D eigenvalue weighted by atomic mass is 9.92. The van der Waals surface area contributed by atoms with E-state index in [0.717, 1.165) is 28.7 Å². The molecule has 2 heterocycles. The second-order valence-electron chi connectivity index (χ2n) is 11.0. The Morgan fingerprint density at radius 3 is 2.47 bits per heavy atom. The van der Waals surface area contributed by atoms with Crippen molar-refractivity contribution in [2.75, 3.05) is 6.61 Å². The number of hydrogen-bond donors (Lipinski definition) is 0. The molecule has 0 aliphatic carbocycles. The first-order valence-electron chi connectivity index (χ1n) is 15.0. The fraction of sp³-hybridized carbons (Fsp3) is 0.286. The molecule has 1 aliphatic heterocycles. The number of nitro groups is 1. The van der Waals surface area contributed by atoms with Crippen molar-refractivity contribution in [3.05, 3.63) is 136 Å². The van der Waals surface area contributed by atoms with Crippen LogP contribution in [0, 0.1) is 10.1 Å². The van der Waals surface area contributed by atoms with Crippen LogP contribution in [0.25, 0.3) is 6.08 Å². The smallest absolute Gasteiger partial charge is 0.338 e. The number of fused-ring (bicyclic) bond motifs is 1. The molecule has 1 atom stereocenters. The number of non-ortho nitro benzene ring substituents is 1. The molecule has 0 amide bonds. The number of allylic oxidation sites excluding steroid dienone is 1. The Bertz CT molecular complexity index is 1920. The largest absolute Gasteiger partial charge is 0.489 e. The van der Waals surface area contributed by atoms with Crippen LogP contribution in [0.15, 0.2) is 93.9 Å². The summed E-state index contributed by atoms with van der Waals surface area (Å²) in [6.07, 6.45) is 3.16. The Morgan fingerprint density at radius 1 is 1.09 bits per heavy atom. The van der Waals surface area contributed by atoms with Crippen molar-refractivity contribution >= 4 is 29.1 Å². The van der Waals surface area contributed by atoms with Gasteiger partial charge in [-0.15, -0.1) is 0 Å². The van der Waals surface area contributed by atoms with Crippen molar-refractivity contribution < 1.29 is 19.2 Å². The van der Waals surface area contributed by atoms with Crippen LogP contribution in [0.4, 0.5) is 5.69 Å². The summed E-state index contributed by atoms with van der Waals surface area (Å²) in [4.78, 5) is 43.3. The Labute approximate surface area is 264 Å². The molecular weight excluding hydrogens is 590 g/mol. The number of carbonyl (C=O) groups is 1. The number of benzene rings is 3. The third kappa shape index (κ3) is 6.96. The van der Waals surface area contributed by atoms with E-state index in [-0.39, 0.29) is 24.5 Å². The molecule has 0 unspecified atom stereocenters. The molecule has 0 saturated carbocycles. The zero-order valence-electron chi connectivity index (χ0n) is 25.7. The molecule has 5 rings (SSSR count). The lowest BCUT2D eigenvalue weighted by molar-refractivity contribution is -0.384. The van der Waals surface area contributed by atoms with Gasteiger partial charge < -0.3 is 9.47 Å². The van der Waals surface area contributed by atoms with Gasteiger partial charge in [0.2, 0.25) is 0 Å². The van der Waals surface area contributed by atoms with Crippen LogP contribution < -0.4 is 19.6 Å². The summed E-state index contributed by atoms with van der Waals surface area (Å²) in [5, 5.41) is 10.9. The maximum Gasteiger partial charge on any atom is 0.338 e. The van der Waals surface area contributed by atoms with Crippen LogP contribution in [-0.4, -0.2) is 22.1 Å². The van der Waals surface area contributed by atoms with E-state index < -0.39 is 16.9 Å². The first-order chi connectivity index (χ1) is 21.7. The van der Waals surface area contributed by atoms with Crippen LogP contribution >= 0.6 is 11.3 Å². The minimum absolute atomic E-state index is 0.0215. The van der Waals surface area contributed by atoms with Crippen molar-refractivity contribution in [1.82, 2.24) is 4.57 Å². The number of nitro benzene ring substituents is 1. The summed E-state index contributed by atoms with van der Waals surface area (Å²) in [6.45, 7) is 8.49. The molecule has 0 N–H and O–H groups in total. The van der Waals surface area contributed by atoms with Gasteiger partial charge >= 0.3 is 5.97 Å². The molecule has 0 bridgehead atoms. The number of nitrogens with zero attached hydrogens (tertiary/aromatic N) is 3. The molecule has 9 nitrogen and oxygen atoms in total. The summed E-state index contributed by atoms with van der Waals surface area (Å²) in [6, 6.07) is 21.0. The van der Waals surface area contributed by atoms with Crippen molar-refractivity contribution in [2.24, 2.45) is 4.99 Å². The Morgan fingerprint density at radius 2 is 1.82 bits per heavy atom. The Balaban J connectivity index is 1.54. The third-order valence-electron chi connectivity index (χ3n) is 7.52. The first kappa shape index (κ1) is 31.6. The molecule has 45 heavy (non-hydrogen) atoms. The average molecular weight is 626 g/mol. The van der Waals surface area contributed by atoms with E-state index in [1.54, 1.807) is 29.7 Å². The number of esters is 1. The Kier molecular flexibility index (Phi) is 9.73. The molecule has 3 aromatic carbocycles. The highest BCUT2D eigenvalue weighted by Gasteiger charge is 2.34. The highest BCUT2D eigenvalue weighted by atomic mass is 32.1. The minimum atomic E-state index is -0.665. The number of hydrogen-bond acceptors (Lipinski definition) is 8. The van der Waals surface area contributed by atoms with Crippen molar-refractivity contribution in [2.45, 2.75) is 59.1 Å². The highest BCUT2D eigenvalue weighted by Crippen LogP contribution is 2.33. The van der Waals surface area contributed by atoms with Gasteiger partial charge in [0.25, 0.3) is 11.2 Å². The van der Waals surface area contributed by atoms with Crippen molar-refractivity contribution in [3.8, 4) is 5.75 Å². The zero-order chi connectivity index (χ0) is 32.1. The lowest BCUT2D eigenvalue weighted by Gasteiger charge is -2.26. The van der Waals surface area contributed by atoms with E-state index >= 15 is 0 Å². The van der Waals surface area contributed by atoms with E-state index in [1.807, 2.05) is 55.5 Å². The maximum absolute atomic E-state index is 14.1. The number of rotatable bonds is 11. The summed E-state index contributed by atoms with van der Waals surface area (Å²) in [5.74, 6) is 0.466. The molecule has 0 saturated heterocycles. The predicted molar refractivity (Wildman–Crippen MR) is 174 cm³/mol. The van der Waals surface area contributed by atoms with Gasteiger partial charge in [-0.25, -0.2) is 9.79 Å². The van der Waals surface area contributed by atoms with Crippen LogP contribution in [-0.2, 0) is 16.1 Å². The average Bonchev–Trinajstić information content (AvgIpc) is 3.34. The molecule has 0 radical (unpaired) electrons. The van der Waals surface area contributed by atoms with E-state index in [2.05, 4.69) is 13.8 Å². The van der Waals surface area contributed by atoms with Crippen molar-refractivity contribution in [1.29, 1.82) is 0 Å². The second kappa shape index (κ2) is 13.9. The summed E-state index contributed by atoms with van der Waals surface area (Å²) >= 11 is 1.29. The van der Waals surface area contributed by atoms with Gasteiger partial charge in [0.1, 0.15) is 12.4 Å². The number of aromatic nitrogens is 1.